The van der Waals surface area contributed by atoms with Gasteiger partial charge in [0.1, 0.15) is 0 Å². The van der Waals surface area contributed by atoms with Gasteiger partial charge in [0.25, 0.3) is 0 Å². The standard InChI is InChI=1S/C8H20N2O/c1-3-4-5-10(2)6-8(9)7-11/h8,11H,3-7,9H2,1-2H3. The molecule has 0 aromatic rings. The van der Waals surface area contributed by atoms with Crippen molar-refractivity contribution in [2.45, 2.75) is 25.8 Å². The Morgan fingerprint density at radius 3 is 2.64 bits per heavy atom. The molecule has 1 atom stereocenters. The topological polar surface area (TPSA) is 49.5 Å². The SMILES string of the molecule is CCCCN(C)CC(N)CO. The molecule has 1 unspecified atom stereocenters. The van der Waals surface area contributed by atoms with Crippen LogP contribution in [0.3, 0.4) is 0 Å². The summed E-state index contributed by atoms with van der Waals surface area (Å²) in [7, 11) is 2.03. The number of hydrogen-bond donors (Lipinski definition) is 2. The fourth-order valence-corrected chi connectivity index (χ4v) is 0.977. The fraction of sp³-hybridized carbons (Fsp3) is 1.00. The van der Waals surface area contributed by atoms with Gasteiger partial charge in [0.2, 0.25) is 0 Å². The number of likely N-dealkylation sites (N-methyl/N-ethyl adjacent to an activating group) is 1. The lowest BCUT2D eigenvalue weighted by molar-refractivity contribution is 0.220. The van der Waals surface area contributed by atoms with E-state index < -0.39 is 0 Å². The Morgan fingerprint density at radius 2 is 2.18 bits per heavy atom. The van der Waals surface area contributed by atoms with Crippen LogP contribution < -0.4 is 5.73 Å². The Morgan fingerprint density at radius 1 is 1.55 bits per heavy atom. The molecular weight excluding hydrogens is 140 g/mol. The Balaban J connectivity index is 3.27. The Kier molecular flexibility index (Phi) is 6.51. The monoisotopic (exact) mass is 160 g/mol. The molecule has 0 aliphatic heterocycles. The van der Waals surface area contributed by atoms with Crippen LogP contribution in [0.5, 0.6) is 0 Å². The third-order valence-electron chi connectivity index (χ3n) is 1.67. The van der Waals surface area contributed by atoms with Gasteiger partial charge < -0.3 is 15.7 Å². The smallest absolute Gasteiger partial charge is 0.0595 e. The van der Waals surface area contributed by atoms with Crippen LogP contribution in [0.4, 0.5) is 0 Å². The van der Waals surface area contributed by atoms with E-state index in [-0.39, 0.29) is 12.6 Å². The first-order valence-electron chi connectivity index (χ1n) is 4.25. The molecule has 0 saturated heterocycles. The molecule has 0 aliphatic carbocycles. The zero-order valence-electron chi connectivity index (χ0n) is 7.58. The lowest BCUT2D eigenvalue weighted by Gasteiger charge is -2.19. The molecule has 0 aromatic heterocycles. The largest absolute Gasteiger partial charge is 0.395 e. The molecule has 11 heavy (non-hydrogen) atoms. The van der Waals surface area contributed by atoms with Gasteiger partial charge in [-0.3, -0.25) is 0 Å². The lowest BCUT2D eigenvalue weighted by Crippen LogP contribution is -2.38. The van der Waals surface area contributed by atoms with Crippen LogP contribution in [0.25, 0.3) is 0 Å². The highest BCUT2D eigenvalue weighted by atomic mass is 16.3. The maximum atomic E-state index is 8.66. The molecule has 0 saturated carbocycles. The van der Waals surface area contributed by atoms with E-state index in [0.29, 0.717) is 0 Å². The molecule has 0 rings (SSSR count). The number of nitrogens with zero attached hydrogens (tertiary/aromatic N) is 1. The van der Waals surface area contributed by atoms with Crippen molar-refractivity contribution in [3.05, 3.63) is 0 Å². The number of hydrogen-bond acceptors (Lipinski definition) is 3. The second-order valence-corrected chi connectivity index (χ2v) is 3.06. The van der Waals surface area contributed by atoms with Crippen LogP contribution in [0.1, 0.15) is 19.8 Å². The Hall–Kier alpha value is -0.120. The molecule has 0 amide bonds. The van der Waals surface area contributed by atoms with Gasteiger partial charge in [-0.05, 0) is 20.0 Å². The van der Waals surface area contributed by atoms with Crippen LogP contribution in [0.15, 0.2) is 0 Å². The van der Waals surface area contributed by atoms with E-state index in [9.17, 15) is 0 Å². The van der Waals surface area contributed by atoms with Gasteiger partial charge in [0.15, 0.2) is 0 Å². The van der Waals surface area contributed by atoms with Gasteiger partial charge in [0, 0.05) is 12.6 Å². The quantitative estimate of drug-likeness (QED) is 0.576. The predicted octanol–water partition coefficient (Wildman–Crippen LogP) is 0.0379. The maximum absolute atomic E-state index is 8.66. The van der Waals surface area contributed by atoms with E-state index in [0.717, 1.165) is 13.1 Å². The highest BCUT2D eigenvalue weighted by Crippen LogP contribution is 1.92. The van der Waals surface area contributed by atoms with Crippen LogP contribution in [0, 0.1) is 0 Å². The summed E-state index contributed by atoms with van der Waals surface area (Å²) in [6.45, 7) is 4.11. The first kappa shape index (κ1) is 10.9. The molecule has 0 heterocycles. The van der Waals surface area contributed by atoms with Crippen LogP contribution in [-0.4, -0.2) is 42.8 Å². The van der Waals surface area contributed by atoms with Crippen molar-refractivity contribution in [3.63, 3.8) is 0 Å². The average molecular weight is 160 g/mol. The predicted molar refractivity (Wildman–Crippen MR) is 47.5 cm³/mol. The van der Waals surface area contributed by atoms with E-state index in [1.54, 1.807) is 0 Å². The summed E-state index contributed by atoms with van der Waals surface area (Å²) in [5, 5.41) is 8.66. The molecule has 0 bridgehead atoms. The number of aliphatic hydroxyl groups excluding tert-OH is 1. The van der Waals surface area contributed by atoms with Gasteiger partial charge in [-0.25, -0.2) is 0 Å². The second kappa shape index (κ2) is 6.58. The average Bonchev–Trinajstić information content (AvgIpc) is 2.00. The van der Waals surface area contributed by atoms with E-state index in [1.807, 2.05) is 7.05 Å². The molecule has 3 N–H and O–H groups in total. The summed E-state index contributed by atoms with van der Waals surface area (Å²) in [6.07, 6.45) is 2.41. The van der Waals surface area contributed by atoms with Gasteiger partial charge in [-0.15, -0.1) is 0 Å². The summed E-state index contributed by atoms with van der Waals surface area (Å²) in [5.41, 5.74) is 5.55. The fourth-order valence-electron chi connectivity index (χ4n) is 0.977. The normalized spacial score (nSPS) is 13.9. The minimum Gasteiger partial charge on any atom is -0.395 e. The number of rotatable bonds is 6. The number of aliphatic hydroxyl groups is 1. The minimum absolute atomic E-state index is 0.0798. The Bertz CT molecular complexity index is 88.2. The zero-order valence-corrected chi connectivity index (χ0v) is 7.58. The second-order valence-electron chi connectivity index (χ2n) is 3.06. The molecule has 0 radical (unpaired) electrons. The van der Waals surface area contributed by atoms with Crippen molar-refractivity contribution in [2.24, 2.45) is 5.73 Å². The van der Waals surface area contributed by atoms with Crippen molar-refractivity contribution in [1.29, 1.82) is 0 Å². The molecule has 0 spiro atoms. The van der Waals surface area contributed by atoms with Crippen molar-refractivity contribution in [2.75, 3.05) is 26.7 Å². The highest BCUT2D eigenvalue weighted by Gasteiger charge is 2.03. The third kappa shape index (κ3) is 6.28. The van der Waals surface area contributed by atoms with Gasteiger partial charge in [0.05, 0.1) is 6.61 Å². The molecule has 3 heteroatoms. The highest BCUT2D eigenvalue weighted by molar-refractivity contribution is 4.63. The van der Waals surface area contributed by atoms with E-state index >= 15 is 0 Å². The summed E-state index contributed by atoms with van der Waals surface area (Å²) < 4.78 is 0. The van der Waals surface area contributed by atoms with E-state index in [1.165, 1.54) is 12.8 Å². The molecule has 0 fully saturated rings. The molecule has 68 valence electrons. The molecule has 3 nitrogen and oxygen atoms in total. The van der Waals surface area contributed by atoms with Crippen LogP contribution >= 0.6 is 0 Å². The zero-order chi connectivity index (χ0) is 8.69. The Labute approximate surface area is 69.2 Å². The van der Waals surface area contributed by atoms with E-state index in [2.05, 4.69) is 11.8 Å². The minimum atomic E-state index is -0.0862. The first-order chi connectivity index (χ1) is 5.20. The van der Waals surface area contributed by atoms with Crippen LogP contribution in [-0.2, 0) is 0 Å². The lowest BCUT2D eigenvalue weighted by atomic mass is 10.3. The molecule has 0 aromatic carbocycles. The summed E-state index contributed by atoms with van der Waals surface area (Å²) in [4.78, 5) is 2.16. The van der Waals surface area contributed by atoms with Gasteiger partial charge >= 0.3 is 0 Å². The van der Waals surface area contributed by atoms with Crippen LogP contribution in [0.2, 0.25) is 0 Å². The third-order valence-corrected chi connectivity index (χ3v) is 1.67. The summed E-state index contributed by atoms with van der Waals surface area (Å²) in [5.74, 6) is 0. The maximum Gasteiger partial charge on any atom is 0.0595 e. The van der Waals surface area contributed by atoms with Gasteiger partial charge in [-0.2, -0.15) is 0 Å². The molecule has 0 aliphatic rings. The summed E-state index contributed by atoms with van der Waals surface area (Å²) in [6, 6.07) is -0.0862. The van der Waals surface area contributed by atoms with Crippen molar-refractivity contribution in [3.8, 4) is 0 Å². The summed E-state index contributed by atoms with van der Waals surface area (Å²) >= 11 is 0. The van der Waals surface area contributed by atoms with Gasteiger partial charge in [-0.1, -0.05) is 13.3 Å². The van der Waals surface area contributed by atoms with Crippen molar-refractivity contribution in [1.82, 2.24) is 4.90 Å². The first-order valence-corrected chi connectivity index (χ1v) is 4.25. The van der Waals surface area contributed by atoms with Crippen molar-refractivity contribution < 1.29 is 5.11 Å². The molecular formula is C8H20N2O. The van der Waals surface area contributed by atoms with Crippen molar-refractivity contribution >= 4 is 0 Å². The number of unbranched alkanes of at least 4 members (excludes halogenated alkanes) is 1. The van der Waals surface area contributed by atoms with E-state index in [4.69, 9.17) is 10.8 Å². The number of nitrogens with two attached hydrogens (primary N) is 1.